The third kappa shape index (κ3) is 4.75. The quantitative estimate of drug-likeness (QED) is 0.495. The van der Waals surface area contributed by atoms with Crippen molar-refractivity contribution >= 4 is 44.5 Å². The zero-order chi connectivity index (χ0) is 20.1. The van der Waals surface area contributed by atoms with Gasteiger partial charge in [0.05, 0.1) is 17.7 Å². The van der Waals surface area contributed by atoms with Crippen molar-refractivity contribution in [2.75, 3.05) is 13.6 Å². The Morgan fingerprint density at radius 3 is 2.57 bits per heavy atom. The van der Waals surface area contributed by atoms with Gasteiger partial charge in [0.15, 0.2) is 0 Å². The fourth-order valence-electron chi connectivity index (χ4n) is 2.60. The summed E-state index contributed by atoms with van der Waals surface area (Å²) in [5, 5.41) is 6.13. The Labute approximate surface area is 168 Å². The molecule has 0 aromatic heterocycles. The van der Waals surface area contributed by atoms with E-state index in [9.17, 15) is 13.2 Å². The van der Waals surface area contributed by atoms with Gasteiger partial charge in [-0.05, 0) is 40.6 Å². The van der Waals surface area contributed by atoms with Crippen LogP contribution in [-0.2, 0) is 14.8 Å². The van der Waals surface area contributed by atoms with Crippen LogP contribution in [0.2, 0.25) is 5.02 Å². The van der Waals surface area contributed by atoms with Gasteiger partial charge < -0.3 is 0 Å². The normalized spacial score (nSPS) is 12.0. The van der Waals surface area contributed by atoms with Gasteiger partial charge in [-0.25, -0.2) is 13.8 Å². The average molecular weight is 416 g/mol. The number of amides is 1. The fraction of sp³-hybridized carbons (Fsp3) is 0.100. The maximum atomic E-state index is 12.7. The van der Waals surface area contributed by atoms with E-state index in [1.807, 2.05) is 24.3 Å². The molecule has 0 saturated carbocycles. The third-order valence-electron chi connectivity index (χ3n) is 4.05. The van der Waals surface area contributed by atoms with E-state index in [-0.39, 0.29) is 11.4 Å². The van der Waals surface area contributed by atoms with Gasteiger partial charge in [0.2, 0.25) is 10.0 Å². The van der Waals surface area contributed by atoms with Gasteiger partial charge in [-0.15, -0.1) is 0 Å². The first-order chi connectivity index (χ1) is 13.4. The van der Waals surface area contributed by atoms with Crippen LogP contribution in [0.25, 0.3) is 10.8 Å². The van der Waals surface area contributed by atoms with E-state index in [1.54, 1.807) is 36.4 Å². The highest BCUT2D eigenvalue weighted by Crippen LogP contribution is 2.21. The lowest BCUT2D eigenvalue weighted by Gasteiger charge is -2.16. The Kier molecular flexibility index (Phi) is 6.08. The lowest BCUT2D eigenvalue weighted by atomic mass is 10.1. The Hall–Kier alpha value is -2.74. The van der Waals surface area contributed by atoms with E-state index < -0.39 is 15.9 Å². The SMILES string of the molecule is CN(CC(=O)N/N=C\c1cccc(Cl)c1)S(=O)(=O)c1ccc2ccccc2c1. The molecule has 28 heavy (non-hydrogen) atoms. The molecule has 8 heteroatoms. The van der Waals surface area contributed by atoms with E-state index >= 15 is 0 Å². The van der Waals surface area contributed by atoms with Gasteiger partial charge in [0.25, 0.3) is 5.91 Å². The van der Waals surface area contributed by atoms with E-state index in [0.29, 0.717) is 10.6 Å². The number of carbonyl (C=O) groups is 1. The molecule has 0 atom stereocenters. The first-order valence-electron chi connectivity index (χ1n) is 8.39. The molecule has 0 aliphatic carbocycles. The van der Waals surface area contributed by atoms with Crippen molar-refractivity contribution in [3.05, 3.63) is 77.3 Å². The number of fused-ring (bicyclic) bond motifs is 1. The van der Waals surface area contributed by atoms with Crippen molar-refractivity contribution < 1.29 is 13.2 Å². The molecule has 3 rings (SSSR count). The molecule has 6 nitrogen and oxygen atoms in total. The van der Waals surface area contributed by atoms with Crippen LogP contribution in [0.3, 0.4) is 0 Å². The summed E-state index contributed by atoms with van der Waals surface area (Å²) >= 11 is 5.88. The second-order valence-corrected chi connectivity index (χ2v) is 8.60. The Morgan fingerprint density at radius 2 is 1.82 bits per heavy atom. The van der Waals surface area contributed by atoms with E-state index in [4.69, 9.17) is 11.6 Å². The van der Waals surface area contributed by atoms with Crippen LogP contribution in [0, 0.1) is 0 Å². The first-order valence-corrected chi connectivity index (χ1v) is 10.2. The minimum absolute atomic E-state index is 0.129. The number of hydrogen-bond donors (Lipinski definition) is 1. The molecule has 3 aromatic rings. The molecule has 0 spiro atoms. The maximum absolute atomic E-state index is 12.7. The van der Waals surface area contributed by atoms with Crippen LogP contribution in [-0.4, -0.2) is 38.4 Å². The van der Waals surface area contributed by atoms with E-state index in [2.05, 4.69) is 10.5 Å². The molecule has 1 amide bonds. The summed E-state index contributed by atoms with van der Waals surface area (Å²) in [5.41, 5.74) is 3.03. The molecule has 0 aliphatic heterocycles. The number of rotatable bonds is 6. The number of nitrogens with one attached hydrogen (secondary N) is 1. The Bertz CT molecular complexity index is 1150. The van der Waals surface area contributed by atoms with Crippen molar-refractivity contribution in [3.63, 3.8) is 0 Å². The topological polar surface area (TPSA) is 78.8 Å². The van der Waals surface area contributed by atoms with Gasteiger partial charge in [0.1, 0.15) is 0 Å². The largest absolute Gasteiger partial charge is 0.272 e. The van der Waals surface area contributed by atoms with Crippen LogP contribution in [0.5, 0.6) is 0 Å². The molecular weight excluding hydrogens is 398 g/mol. The number of hydrogen-bond acceptors (Lipinski definition) is 4. The molecule has 0 radical (unpaired) electrons. The van der Waals surface area contributed by atoms with Crippen molar-refractivity contribution in [1.29, 1.82) is 0 Å². The van der Waals surface area contributed by atoms with Crippen molar-refractivity contribution in [2.45, 2.75) is 4.90 Å². The molecule has 0 heterocycles. The Morgan fingerprint density at radius 1 is 1.07 bits per heavy atom. The number of benzene rings is 3. The number of nitrogens with zero attached hydrogens (tertiary/aromatic N) is 2. The zero-order valence-electron chi connectivity index (χ0n) is 15.0. The van der Waals surface area contributed by atoms with Gasteiger partial charge >= 0.3 is 0 Å². The smallest absolute Gasteiger partial charge is 0.255 e. The molecule has 0 fully saturated rings. The Balaban J connectivity index is 1.66. The van der Waals surface area contributed by atoms with Gasteiger partial charge in [0, 0.05) is 12.1 Å². The van der Waals surface area contributed by atoms with Crippen LogP contribution in [0.1, 0.15) is 5.56 Å². The maximum Gasteiger partial charge on any atom is 0.255 e. The summed E-state index contributed by atoms with van der Waals surface area (Å²) in [7, 11) is -2.45. The van der Waals surface area contributed by atoms with Crippen LogP contribution < -0.4 is 5.43 Å². The van der Waals surface area contributed by atoms with E-state index in [1.165, 1.54) is 19.3 Å². The standard InChI is InChI=1S/C20H18ClN3O3S/c1-24(14-20(25)23-22-13-15-5-4-8-18(21)11-15)28(26,27)19-10-9-16-6-2-3-7-17(16)12-19/h2-13H,14H2,1H3,(H,23,25)/b22-13-. The average Bonchev–Trinajstić information content (AvgIpc) is 2.67. The second-order valence-electron chi connectivity index (χ2n) is 6.12. The first kappa shape index (κ1) is 20.0. The number of likely N-dealkylation sites (N-methyl/N-ethyl adjacent to an activating group) is 1. The fourth-order valence-corrected chi connectivity index (χ4v) is 3.96. The van der Waals surface area contributed by atoms with Crippen molar-refractivity contribution in [1.82, 2.24) is 9.73 Å². The van der Waals surface area contributed by atoms with Crippen LogP contribution >= 0.6 is 11.6 Å². The number of carbonyl (C=O) groups excluding carboxylic acids is 1. The minimum atomic E-state index is -3.81. The van der Waals surface area contributed by atoms with Crippen LogP contribution in [0.4, 0.5) is 0 Å². The van der Waals surface area contributed by atoms with Gasteiger partial charge in [-0.2, -0.15) is 9.41 Å². The highest BCUT2D eigenvalue weighted by atomic mass is 35.5. The predicted octanol–water partition coefficient (Wildman–Crippen LogP) is 3.26. The predicted molar refractivity (Wildman–Crippen MR) is 111 cm³/mol. The number of hydrazone groups is 1. The number of sulfonamides is 1. The molecule has 1 N–H and O–H groups in total. The summed E-state index contributed by atoms with van der Waals surface area (Å²) in [6.45, 7) is -0.359. The molecule has 0 aliphatic rings. The number of halogens is 1. The van der Waals surface area contributed by atoms with Gasteiger partial charge in [-0.3, -0.25) is 4.79 Å². The molecule has 3 aromatic carbocycles. The summed E-state index contributed by atoms with van der Waals surface area (Å²) in [6, 6.07) is 19.3. The van der Waals surface area contributed by atoms with E-state index in [0.717, 1.165) is 15.1 Å². The lowest BCUT2D eigenvalue weighted by Crippen LogP contribution is -2.36. The molecule has 144 valence electrons. The zero-order valence-corrected chi connectivity index (χ0v) is 16.6. The molecule has 0 unspecified atom stereocenters. The third-order valence-corrected chi connectivity index (χ3v) is 6.08. The summed E-state index contributed by atoms with van der Waals surface area (Å²) < 4.78 is 26.5. The van der Waals surface area contributed by atoms with Gasteiger partial charge in [-0.1, -0.05) is 54.1 Å². The highest BCUT2D eigenvalue weighted by Gasteiger charge is 2.23. The highest BCUT2D eigenvalue weighted by molar-refractivity contribution is 7.89. The summed E-state index contributed by atoms with van der Waals surface area (Å²) in [6.07, 6.45) is 1.43. The minimum Gasteiger partial charge on any atom is -0.272 e. The van der Waals surface area contributed by atoms with Crippen molar-refractivity contribution in [3.8, 4) is 0 Å². The van der Waals surface area contributed by atoms with Crippen LogP contribution in [0.15, 0.2) is 76.7 Å². The lowest BCUT2D eigenvalue weighted by molar-refractivity contribution is -0.121. The summed E-state index contributed by atoms with van der Waals surface area (Å²) in [4.78, 5) is 12.2. The monoisotopic (exact) mass is 415 g/mol. The molecular formula is C20H18ClN3O3S. The molecule has 0 bridgehead atoms. The summed E-state index contributed by atoms with van der Waals surface area (Å²) in [5.74, 6) is -0.551. The molecule has 0 saturated heterocycles. The van der Waals surface area contributed by atoms with Crippen molar-refractivity contribution in [2.24, 2.45) is 5.10 Å². The second kappa shape index (κ2) is 8.52.